The summed E-state index contributed by atoms with van der Waals surface area (Å²) in [4.78, 5) is 15.5. The number of alkyl halides is 6. The Balaban J connectivity index is 1.21. The van der Waals surface area contributed by atoms with Gasteiger partial charge in [0, 0.05) is 37.0 Å². The summed E-state index contributed by atoms with van der Waals surface area (Å²) < 4.78 is 79.1. The van der Waals surface area contributed by atoms with Crippen LogP contribution in [-0.4, -0.2) is 42.0 Å². The minimum Gasteiger partial charge on any atom is -0.350 e. The summed E-state index contributed by atoms with van der Waals surface area (Å²) in [6.45, 7) is 5.94. The van der Waals surface area contributed by atoms with Crippen LogP contribution < -0.4 is 10.6 Å². The molecule has 2 aliphatic carbocycles. The van der Waals surface area contributed by atoms with Crippen molar-refractivity contribution in [2.45, 2.75) is 57.2 Å². The van der Waals surface area contributed by atoms with E-state index in [1.54, 1.807) is 6.92 Å². The Labute approximate surface area is 224 Å². The lowest BCUT2D eigenvalue weighted by Crippen LogP contribution is -2.52. The van der Waals surface area contributed by atoms with E-state index in [0.29, 0.717) is 42.9 Å². The molecule has 212 valence electrons. The smallest absolute Gasteiger partial charge is 0.350 e. The molecule has 10 heteroatoms. The number of rotatable bonds is 4. The van der Waals surface area contributed by atoms with Crippen molar-refractivity contribution in [3.05, 3.63) is 71.3 Å². The van der Waals surface area contributed by atoms with Crippen molar-refractivity contribution in [3.8, 4) is 0 Å². The Kier molecular flexibility index (Phi) is 7.02. The molecule has 1 aromatic carbocycles. The number of fused-ring (bicyclic) bond motifs is 2. The molecule has 39 heavy (non-hydrogen) atoms. The van der Waals surface area contributed by atoms with Crippen LogP contribution in [0.1, 0.15) is 43.4 Å². The number of nitrogens with zero attached hydrogens (tertiary/aromatic N) is 1. The standard InChI is InChI=1S/C29H33F6N3O/c1-18-17-38(10-9-27(18)8-7-20-5-3-4-6-24(20)27)23-14-26(2,37-16-23)25(39)36-15-19-11-21(28(30,31)32)13-22(12-19)29(33,34)35/h3-8,11-13,18,20,23-24,37H,9-10,14-17H2,1-2H3,(H,36,39)/t18-,20?,23?,24?,26?,27-/m0/s1. The van der Waals surface area contributed by atoms with Gasteiger partial charge in [-0.2, -0.15) is 26.3 Å². The summed E-state index contributed by atoms with van der Waals surface area (Å²) in [5, 5.41) is 5.82. The van der Waals surface area contributed by atoms with Gasteiger partial charge in [-0.3, -0.25) is 9.69 Å². The predicted octanol–water partition coefficient (Wildman–Crippen LogP) is 5.72. The molecule has 2 saturated heterocycles. The molecule has 2 aliphatic heterocycles. The molecule has 2 N–H and O–H groups in total. The van der Waals surface area contributed by atoms with Crippen LogP contribution >= 0.6 is 0 Å². The van der Waals surface area contributed by atoms with Crippen LogP contribution in [0.25, 0.3) is 0 Å². The van der Waals surface area contributed by atoms with E-state index in [1.807, 2.05) is 0 Å². The topological polar surface area (TPSA) is 44.4 Å². The molecule has 4 aliphatic rings. The minimum atomic E-state index is -4.93. The van der Waals surface area contributed by atoms with Gasteiger partial charge in [0.1, 0.15) is 0 Å². The molecule has 4 unspecified atom stereocenters. The number of carbonyl (C=O) groups is 1. The van der Waals surface area contributed by atoms with Crippen LogP contribution in [0, 0.1) is 23.2 Å². The molecule has 0 bridgehead atoms. The van der Waals surface area contributed by atoms with E-state index in [0.717, 1.165) is 19.5 Å². The highest BCUT2D eigenvalue weighted by atomic mass is 19.4. The first-order valence-corrected chi connectivity index (χ1v) is 13.3. The van der Waals surface area contributed by atoms with Gasteiger partial charge < -0.3 is 10.6 Å². The molecule has 6 atom stereocenters. The molecule has 4 nitrogen and oxygen atoms in total. The second kappa shape index (κ2) is 9.80. The number of likely N-dealkylation sites (tertiary alicyclic amines) is 1. The lowest BCUT2D eigenvalue weighted by Gasteiger charge is -2.49. The van der Waals surface area contributed by atoms with Crippen LogP contribution in [-0.2, 0) is 23.7 Å². The van der Waals surface area contributed by atoms with Gasteiger partial charge in [0.25, 0.3) is 0 Å². The highest BCUT2D eigenvalue weighted by Crippen LogP contribution is 2.53. The fourth-order valence-corrected chi connectivity index (χ4v) is 6.91. The first-order chi connectivity index (χ1) is 18.2. The second-order valence-corrected chi connectivity index (χ2v) is 11.7. The number of amides is 1. The van der Waals surface area contributed by atoms with E-state index in [-0.39, 0.29) is 23.1 Å². The first-order valence-electron chi connectivity index (χ1n) is 13.3. The van der Waals surface area contributed by atoms with Crippen molar-refractivity contribution in [2.75, 3.05) is 19.6 Å². The van der Waals surface area contributed by atoms with Gasteiger partial charge >= 0.3 is 12.4 Å². The van der Waals surface area contributed by atoms with Crippen molar-refractivity contribution in [1.82, 2.24) is 15.5 Å². The van der Waals surface area contributed by atoms with Crippen molar-refractivity contribution < 1.29 is 31.1 Å². The molecule has 0 radical (unpaired) electrons. The maximum atomic E-state index is 13.2. The third-order valence-electron chi connectivity index (χ3n) is 9.17. The zero-order chi connectivity index (χ0) is 28.2. The first kappa shape index (κ1) is 28.0. The number of allylic oxidation sites excluding steroid dienone is 6. The van der Waals surface area contributed by atoms with Crippen LogP contribution in [0.2, 0.25) is 0 Å². The third-order valence-corrected chi connectivity index (χ3v) is 9.17. The molecule has 1 amide bonds. The molecule has 5 rings (SSSR count). The third kappa shape index (κ3) is 5.29. The number of benzene rings is 1. The average Bonchev–Trinajstić information content (AvgIpc) is 3.46. The van der Waals surface area contributed by atoms with Gasteiger partial charge in [-0.05, 0) is 61.9 Å². The SMILES string of the molecule is C[C@H]1CN(C2CNC(C)(C(=O)NCc3cc(C(F)(F)F)cc(C(F)(F)F)c3)C2)CC[C@@]12C=CC1C=CC=CC12. The summed E-state index contributed by atoms with van der Waals surface area (Å²) in [5.41, 5.74) is -3.91. The van der Waals surface area contributed by atoms with Crippen molar-refractivity contribution in [2.24, 2.45) is 23.2 Å². The lowest BCUT2D eigenvalue weighted by molar-refractivity contribution is -0.143. The van der Waals surface area contributed by atoms with E-state index >= 15 is 0 Å². The zero-order valence-electron chi connectivity index (χ0n) is 21.9. The van der Waals surface area contributed by atoms with Crippen molar-refractivity contribution >= 4 is 5.91 Å². The zero-order valence-corrected chi connectivity index (χ0v) is 21.9. The highest BCUT2D eigenvalue weighted by molar-refractivity contribution is 5.86. The Bertz CT molecular complexity index is 1170. The highest BCUT2D eigenvalue weighted by Gasteiger charge is 2.51. The minimum absolute atomic E-state index is 0.0856. The van der Waals surface area contributed by atoms with Gasteiger partial charge in [0.15, 0.2) is 0 Å². The van der Waals surface area contributed by atoms with Gasteiger partial charge in [-0.15, -0.1) is 0 Å². The van der Waals surface area contributed by atoms with E-state index in [1.165, 1.54) is 0 Å². The van der Waals surface area contributed by atoms with Crippen molar-refractivity contribution in [3.63, 3.8) is 0 Å². The largest absolute Gasteiger partial charge is 0.416 e. The average molecular weight is 554 g/mol. The Morgan fingerprint density at radius 2 is 1.72 bits per heavy atom. The van der Waals surface area contributed by atoms with Gasteiger partial charge in [-0.25, -0.2) is 0 Å². The van der Waals surface area contributed by atoms with E-state index in [9.17, 15) is 31.1 Å². The lowest BCUT2D eigenvalue weighted by atomic mass is 9.62. The van der Waals surface area contributed by atoms with Crippen LogP contribution in [0.15, 0.2) is 54.7 Å². The van der Waals surface area contributed by atoms with E-state index in [2.05, 4.69) is 58.9 Å². The number of hydrogen-bond acceptors (Lipinski definition) is 3. The quantitative estimate of drug-likeness (QED) is 0.371. The van der Waals surface area contributed by atoms with Crippen LogP contribution in [0.5, 0.6) is 0 Å². The van der Waals surface area contributed by atoms with Gasteiger partial charge in [-0.1, -0.05) is 43.4 Å². The molecule has 1 aromatic rings. The predicted molar refractivity (Wildman–Crippen MR) is 135 cm³/mol. The maximum Gasteiger partial charge on any atom is 0.416 e. The summed E-state index contributed by atoms with van der Waals surface area (Å²) in [5.74, 6) is 0.871. The van der Waals surface area contributed by atoms with E-state index in [4.69, 9.17) is 0 Å². The van der Waals surface area contributed by atoms with Gasteiger partial charge in [0.2, 0.25) is 5.91 Å². The number of halogens is 6. The number of piperidine rings is 1. The maximum absolute atomic E-state index is 13.2. The van der Waals surface area contributed by atoms with Gasteiger partial charge in [0.05, 0.1) is 16.7 Å². The summed E-state index contributed by atoms with van der Waals surface area (Å²) >= 11 is 0. The Morgan fingerprint density at radius 1 is 1.05 bits per heavy atom. The molecule has 0 aromatic heterocycles. The Hall–Kier alpha value is -2.59. The fraction of sp³-hybridized carbons (Fsp3) is 0.552. The monoisotopic (exact) mass is 553 g/mol. The molecule has 1 spiro atoms. The molecular weight excluding hydrogens is 520 g/mol. The molecule has 2 heterocycles. The number of carbonyl (C=O) groups excluding carboxylic acids is 1. The van der Waals surface area contributed by atoms with Crippen LogP contribution in [0.4, 0.5) is 26.3 Å². The molecular formula is C29H33F6N3O. The second-order valence-electron chi connectivity index (χ2n) is 11.7. The van der Waals surface area contributed by atoms with Crippen molar-refractivity contribution in [1.29, 1.82) is 0 Å². The number of nitrogens with one attached hydrogen (secondary N) is 2. The molecule has 0 saturated carbocycles. The normalized spacial score (nSPS) is 34.6. The molecule has 2 fully saturated rings. The summed E-state index contributed by atoms with van der Waals surface area (Å²) in [6, 6.07) is 1.48. The summed E-state index contributed by atoms with van der Waals surface area (Å²) in [6.07, 6.45) is 5.15. The Morgan fingerprint density at radius 3 is 2.36 bits per heavy atom. The van der Waals surface area contributed by atoms with E-state index < -0.39 is 41.5 Å². The fourth-order valence-electron chi connectivity index (χ4n) is 6.91. The summed E-state index contributed by atoms with van der Waals surface area (Å²) in [7, 11) is 0. The number of hydrogen-bond donors (Lipinski definition) is 2. The van der Waals surface area contributed by atoms with Crippen LogP contribution in [0.3, 0.4) is 0 Å².